The molecule has 5 rings (SSSR count). The van der Waals surface area contributed by atoms with Crippen LogP contribution in [0.25, 0.3) is 11.0 Å². The van der Waals surface area contributed by atoms with E-state index in [0.717, 1.165) is 5.56 Å². The number of carbonyl (C=O) groups excluding carboxylic acids is 2. The van der Waals surface area contributed by atoms with Gasteiger partial charge in [0.1, 0.15) is 41.5 Å². The lowest BCUT2D eigenvalue weighted by atomic mass is 9.97. The first-order valence-electron chi connectivity index (χ1n) is 13.9. The average Bonchev–Trinajstić information content (AvgIpc) is 3.54. The molecular formula is C30H39N5O7. The Hall–Kier alpha value is -3.58. The predicted octanol–water partition coefficient (Wildman–Crippen LogP) is 4.26. The molecule has 3 atom stereocenters. The molecular weight excluding hydrogens is 542 g/mol. The van der Waals surface area contributed by atoms with Crippen LogP contribution in [-0.2, 0) is 37.0 Å². The van der Waals surface area contributed by atoms with Gasteiger partial charge in [-0.1, -0.05) is 30.3 Å². The molecule has 2 aromatic heterocycles. The Balaban J connectivity index is 1.46. The molecule has 2 aliphatic rings. The van der Waals surface area contributed by atoms with Crippen LogP contribution in [0, 0.1) is 0 Å². The third kappa shape index (κ3) is 5.98. The fourth-order valence-electron chi connectivity index (χ4n) is 5.44. The van der Waals surface area contributed by atoms with E-state index in [0.29, 0.717) is 17.6 Å². The summed E-state index contributed by atoms with van der Waals surface area (Å²) >= 11 is 0. The maximum Gasteiger partial charge on any atom is 0.412 e. The number of amides is 1. The number of benzene rings is 1. The Labute approximate surface area is 245 Å². The molecule has 1 unspecified atom stereocenters. The first-order chi connectivity index (χ1) is 19.7. The van der Waals surface area contributed by atoms with Crippen molar-refractivity contribution in [2.75, 3.05) is 12.3 Å². The second-order valence-electron chi connectivity index (χ2n) is 12.5. The highest BCUT2D eigenvalue weighted by Crippen LogP contribution is 2.40. The van der Waals surface area contributed by atoms with Crippen LogP contribution in [0.2, 0.25) is 0 Å². The number of Topliss-reactive ketones (excluding diaryl/α,β-unsaturated/α-hetero) is 1. The quantitative estimate of drug-likeness (QED) is 0.402. The number of nitrogens with zero attached hydrogens (tertiary/aromatic N) is 4. The molecule has 0 radical (unpaired) electrons. The molecule has 2 aliphatic heterocycles. The zero-order valence-electron chi connectivity index (χ0n) is 25.1. The molecule has 0 bridgehead atoms. The molecule has 42 heavy (non-hydrogen) atoms. The van der Waals surface area contributed by atoms with Gasteiger partial charge in [0.15, 0.2) is 23.5 Å². The highest BCUT2D eigenvalue weighted by Gasteiger charge is 2.57. The van der Waals surface area contributed by atoms with Gasteiger partial charge in [0.2, 0.25) is 0 Å². The van der Waals surface area contributed by atoms with Crippen molar-refractivity contribution in [1.82, 2.24) is 19.4 Å². The highest BCUT2D eigenvalue weighted by atomic mass is 16.8. The van der Waals surface area contributed by atoms with E-state index in [9.17, 15) is 9.59 Å². The normalized spacial score (nSPS) is 23.4. The number of anilines is 1. The zero-order valence-corrected chi connectivity index (χ0v) is 25.1. The number of ether oxygens (including phenoxy) is 5. The largest absolute Gasteiger partial charge is 0.444 e. The monoisotopic (exact) mass is 581 g/mol. The number of ketones is 1. The van der Waals surface area contributed by atoms with Crippen molar-refractivity contribution in [3.8, 4) is 0 Å². The molecule has 2 saturated heterocycles. The molecule has 0 aliphatic carbocycles. The van der Waals surface area contributed by atoms with Crippen LogP contribution >= 0.6 is 0 Å². The summed E-state index contributed by atoms with van der Waals surface area (Å²) in [6.45, 7) is 13.0. The first kappa shape index (κ1) is 29.9. The summed E-state index contributed by atoms with van der Waals surface area (Å²) in [6.07, 6.45) is 0.466. The molecule has 0 spiro atoms. The zero-order chi connectivity index (χ0) is 30.4. The average molecular weight is 582 g/mol. The summed E-state index contributed by atoms with van der Waals surface area (Å²) in [5.74, 6) is -1.27. The van der Waals surface area contributed by atoms with Crippen molar-refractivity contribution >= 4 is 28.7 Å². The molecule has 2 N–H and O–H groups in total. The van der Waals surface area contributed by atoms with Crippen LogP contribution in [0.4, 0.5) is 10.6 Å². The second kappa shape index (κ2) is 10.9. The van der Waals surface area contributed by atoms with Gasteiger partial charge in [-0.25, -0.2) is 14.8 Å². The third-order valence-corrected chi connectivity index (χ3v) is 7.16. The number of aromatic nitrogens is 3. The van der Waals surface area contributed by atoms with E-state index in [1.54, 1.807) is 59.2 Å². The summed E-state index contributed by atoms with van der Waals surface area (Å²) < 4.78 is 31.8. The van der Waals surface area contributed by atoms with Gasteiger partial charge < -0.3 is 34.0 Å². The summed E-state index contributed by atoms with van der Waals surface area (Å²) in [5, 5.41) is 0. The second-order valence-corrected chi connectivity index (χ2v) is 12.5. The van der Waals surface area contributed by atoms with Gasteiger partial charge in [0.05, 0.1) is 24.8 Å². The van der Waals surface area contributed by atoms with E-state index < -0.39 is 41.5 Å². The summed E-state index contributed by atoms with van der Waals surface area (Å²) in [4.78, 5) is 37.6. The topological polar surface area (TPSA) is 140 Å². The number of carbonyl (C=O) groups is 2. The van der Waals surface area contributed by atoms with E-state index in [-0.39, 0.29) is 30.5 Å². The maximum absolute atomic E-state index is 14.3. The Morgan fingerprint density at radius 1 is 1.10 bits per heavy atom. The Morgan fingerprint density at radius 3 is 2.50 bits per heavy atom. The van der Waals surface area contributed by atoms with Crippen molar-refractivity contribution in [3.63, 3.8) is 0 Å². The number of hydrogen-bond acceptors (Lipinski definition) is 10. The smallest absolute Gasteiger partial charge is 0.412 e. The number of rotatable bonds is 7. The van der Waals surface area contributed by atoms with Crippen LogP contribution in [0.1, 0.15) is 64.4 Å². The van der Waals surface area contributed by atoms with Crippen LogP contribution in [0.5, 0.6) is 0 Å². The van der Waals surface area contributed by atoms with E-state index in [1.165, 1.54) is 11.2 Å². The van der Waals surface area contributed by atoms with Crippen molar-refractivity contribution in [3.05, 3.63) is 54.0 Å². The lowest BCUT2D eigenvalue weighted by Gasteiger charge is -2.37. The van der Waals surface area contributed by atoms with E-state index in [2.05, 4.69) is 9.97 Å². The number of nitrogens with two attached hydrogens (primary N) is 1. The Morgan fingerprint density at radius 2 is 1.81 bits per heavy atom. The minimum atomic E-state index is -1.11. The Bertz CT molecular complexity index is 1460. The lowest BCUT2D eigenvalue weighted by molar-refractivity contribution is -0.149. The van der Waals surface area contributed by atoms with Crippen LogP contribution < -0.4 is 5.73 Å². The van der Waals surface area contributed by atoms with Crippen molar-refractivity contribution in [2.45, 2.75) is 97.2 Å². The molecule has 2 fully saturated rings. The number of fused-ring (bicyclic) bond motifs is 1. The van der Waals surface area contributed by atoms with Crippen molar-refractivity contribution in [2.24, 2.45) is 0 Å². The van der Waals surface area contributed by atoms with Gasteiger partial charge in [0.25, 0.3) is 0 Å². The molecule has 12 nitrogen and oxygen atoms in total. The first-order valence-corrected chi connectivity index (χ1v) is 13.9. The van der Waals surface area contributed by atoms with Gasteiger partial charge in [-0.3, -0.25) is 9.69 Å². The van der Waals surface area contributed by atoms with E-state index in [1.807, 2.05) is 30.3 Å². The van der Waals surface area contributed by atoms with Crippen molar-refractivity contribution < 1.29 is 33.3 Å². The summed E-state index contributed by atoms with van der Waals surface area (Å²) in [7, 11) is 0. The van der Waals surface area contributed by atoms with Crippen molar-refractivity contribution in [1.29, 1.82) is 0 Å². The van der Waals surface area contributed by atoms with Gasteiger partial charge in [-0.05, 0) is 54.0 Å². The number of hydrogen-bond donors (Lipinski definition) is 1. The van der Waals surface area contributed by atoms with Crippen LogP contribution in [0.15, 0.2) is 42.9 Å². The standard InChI is InChI=1S/C30H39N5O7/c1-28(2,3)42-27(37)35-20(15-39-29(35,4)5)24-25(41-30(6,7)40-24)23(36)19-13-34(22-21(19)32-16-33-26(22)31)17-38-14-18-11-9-8-10-12-18/h8-13,16,20,24-25H,14-15,17H2,1-7H3,(H2,31,32,33)/t20-,24-,25?/m1/s1. The molecule has 3 aromatic rings. The Kier molecular flexibility index (Phi) is 7.77. The van der Waals surface area contributed by atoms with Gasteiger partial charge in [-0.2, -0.15) is 0 Å². The van der Waals surface area contributed by atoms with Crippen LogP contribution in [0.3, 0.4) is 0 Å². The molecule has 1 amide bonds. The molecule has 12 heteroatoms. The molecule has 4 heterocycles. The minimum Gasteiger partial charge on any atom is -0.444 e. The lowest BCUT2D eigenvalue weighted by Crippen LogP contribution is -2.56. The maximum atomic E-state index is 14.3. The SMILES string of the molecule is CC(C)(C)OC(=O)N1[C@@H]([C@H]2OC(C)(C)OC2C(=O)c2cn(COCc3ccccc3)c3c(N)ncnc23)COC1(C)C. The molecule has 226 valence electrons. The third-order valence-electron chi connectivity index (χ3n) is 7.16. The van der Waals surface area contributed by atoms with Crippen LogP contribution in [-0.4, -0.2) is 73.3 Å². The highest BCUT2D eigenvalue weighted by molar-refractivity contribution is 6.10. The molecule has 1 aromatic carbocycles. The van der Waals surface area contributed by atoms with E-state index in [4.69, 9.17) is 29.4 Å². The van der Waals surface area contributed by atoms with Gasteiger partial charge in [-0.15, -0.1) is 0 Å². The predicted molar refractivity (Wildman–Crippen MR) is 153 cm³/mol. The minimum absolute atomic E-state index is 0.115. The number of nitrogen functional groups attached to an aromatic ring is 1. The molecule has 0 saturated carbocycles. The van der Waals surface area contributed by atoms with Gasteiger partial charge >= 0.3 is 6.09 Å². The summed E-state index contributed by atoms with van der Waals surface area (Å²) in [5.41, 5.74) is 6.64. The fraction of sp³-hybridized carbons (Fsp3) is 0.533. The van der Waals surface area contributed by atoms with E-state index >= 15 is 0 Å². The summed E-state index contributed by atoms with van der Waals surface area (Å²) in [6, 6.07) is 9.09. The van der Waals surface area contributed by atoms with Gasteiger partial charge in [0, 0.05) is 6.20 Å². The fourth-order valence-corrected chi connectivity index (χ4v) is 5.44.